The van der Waals surface area contributed by atoms with Gasteiger partial charge in [0.1, 0.15) is 11.5 Å². The maximum absolute atomic E-state index is 12.9. The number of aromatic nitrogens is 1. The summed E-state index contributed by atoms with van der Waals surface area (Å²) in [6, 6.07) is 4.46. The van der Waals surface area contributed by atoms with Crippen LogP contribution >= 0.6 is 0 Å². The highest BCUT2D eigenvalue weighted by atomic mass is 19.2. The number of nitrogens with zero attached hydrogens (tertiary/aromatic N) is 1. The molecule has 1 aromatic carbocycles. The van der Waals surface area contributed by atoms with Gasteiger partial charge in [0.25, 0.3) is 0 Å². The van der Waals surface area contributed by atoms with Gasteiger partial charge in [0.05, 0.1) is 6.61 Å². The molecule has 0 unspecified atom stereocenters. The normalized spacial score (nSPS) is 10.4. The van der Waals surface area contributed by atoms with E-state index in [4.69, 9.17) is 14.4 Å². The summed E-state index contributed by atoms with van der Waals surface area (Å²) in [6.07, 6.45) is 0.263. The zero-order valence-electron chi connectivity index (χ0n) is 9.60. The fourth-order valence-electron chi connectivity index (χ4n) is 1.37. The first-order chi connectivity index (χ1) is 9.06. The van der Waals surface area contributed by atoms with Crippen LogP contribution in [0.4, 0.5) is 8.78 Å². The summed E-state index contributed by atoms with van der Waals surface area (Å²) in [7, 11) is 0. The predicted molar refractivity (Wildman–Crippen MR) is 59.0 cm³/mol. The molecule has 0 atom stereocenters. The number of carbonyl (C=O) groups is 1. The van der Waals surface area contributed by atoms with Gasteiger partial charge >= 0.3 is 5.97 Å². The van der Waals surface area contributed by atoms with Gasteiger partial charge in [0, 0.05) is 18.6 Å². The van der Waals surface area contributed by atoms with Crippen molar-refractivity contribution in [3.05, 3.63) is 47.4 Å². The SMILES string of the molecule is O=C(O)c1cc(CCOc2ccc(F)c(F)c2)on1. The van der Waals surface area contributed by atoms with E-state index >= 15 is 0 Å². The quantitative estimate of drug-likeness (QED) is 0.901. The zero-order chi connectivity index (χ0) is 13.8. The van der Waals surface area contributed by atoms with E-state index in [1.54, 1.807) is 0 Å². The van der Waals surface area contributed by atoms with E-state index in [1.165, 1.54) is 12.1 Å². The molecule has 0 amide bonds. The monoisotopic (exact) mass is 269 g/mol. The minimum absolute atomic E-state index is 0.124. The molecule has 0 aliphatic carbocycles. The van der Waals surface area contributed by atoms with E-state index in [9.17, 15) is 13.6 Å². The van der Waals surface area contributed by atoms with Crippen molar-refractivity contribution < 1.29 is 27.9 Å². The van der Waals surface area contributed by atoms with Gasteiger partial charge in [-0.05, 0) is 12.1 Å². The molecular weight excluding hydrogens is 260 g/mol. The number of benzene rings is 1. The molecule has 2 rings (SSSR count). The third kappa shape index (κ3) is 3.27. The Morgan fingerprint density at radius 1 is 1.32 bits per heavy atom. The van der Waals surface area contributed by atoms with Crippen LogP contribution in [-0.2, 0) is 6.42 Å². The molecule has 1 N–H and O–H groups in total. The highest BCUT2D eigenvalue weighted by molar-refractivity contribution is 5.85. The third-order valence-corrected chi connectivity index (χ3v) is 2.29. The number of halogens is 2. The van der Waals surface area contributed by atoms with Gasteiger partial charge in [0.15, 0.2) is 17.3 Å². The first-order valence-corrected chi connectivity index (χ1v) is 5.33. The average molecular weight is 269 g/mol. The molecule has 1 aromatic heterocycles. The van der Waals surface area contributed by atoms with Crippen LogP contribution in [0.2, 0.25) is 0 Å². The van der Waals surface area contributed by atoms with Gasteiger partial charge in [-0.15, -0.1) is 0 Å². The molecule has 7 heteroatoms. The molecule has 0 aliphatic rings. The second-order valence-electron chi connectivity index (χ2n) is 3.66. The summed E-state index contributed by atoms with van der Waals surface area (Å²) in [4.78, 5) is 10.5. The van der Waals surface area contributed by atoms with E-state index in [0.29, 0.717) is 5.76 Å². The molecule has 1 heterocycles. The summed E-state index contributed by atoms with van der Waals surface area (Å²) >= 11 is 0. The van der Waals surface area contributed by atoms with E-state index < -0.39 is 17.6 Å². The molecule has 0 fully saturated rings. The number of aromatic carboxylic acids is 1. The zero-order valence-corrected chi connectivity index (χ0v) is 9.60. The Bertz CT molecular complexity index is 597. The van der Waals surface area contributed by atoms with Gasteiger partial charge < -0.3 is 14.4 Å². The Labute approximate surface area is 106 Å². The Balaban J connectivity index is 1.88. The van der Waals surface area contributed by atoms with Gasteiger partial charge in [-0.3, -0.25) is 0 Å². The number of rotatable bonds is 5. The lowest BCUT2D eigenvalue weighted by Gasteiger charge is -2.04. The Morgan fingerprint density at radius 2 is 2.11 bits per heavy atom. The molecule has 0 spiro atoms. The minimum Gasteiger partial charge on any atom is -0.493 e. The van der Waals surface area contributed by atoms with Crippen LogP contribution in [0.1, 0.15) is 16.2 Å². The Morgan fingerprint density at radius 3 is 2.74 bits per heavy atom. The summed E-state index contributed by atoms with van der Waals surface area (Å²) in [5, 5.41) is 12.0. The van der Waals surface area contributed by atoms with Crippen LogP contribution < -0.4 is 4.74 Å². The van der Waals surface area contributed by atoms with Crippen LogP contribution in [0.5, 0.6) is 5.75 Å². The minimum atomic E-state index is -1.18. The smallest absolute Gasteiger partial charge is 0.358 e. The van der Waals surface area contributed by atoms with E-state index in [2.05, 4.69) is 5.16 Å². The topological polar surface area (TPSA) is 72.6 Å². The lowest BCUT2D eigenvalue weighted by Crippen LogP contribution is -2.01. The predicted octanol–water partition coefficient (Wildman–Crippen LogP) is 2.27. The molecule has 0 radical (unpaired) electrons. The van der Waals surface area contributed by atoms with Crippen molar-refractivity contribution in [3.8, 4) is 5.75 Å². The lowest BCUT2D eigenvalue weighted by atomic mass is 10.3. The maximum atomic E-state index is 12.9. The maximum Gasteiger partial charge on any atom is 0.358 e. The van der Waals surface area contributed by atoms with Gasteiger partial charge in [-0.2, -0.15) is 0 Å². The number of carboxylic acid groups (broad SMARTS) is 1. The van der Waals surface area contributed by atoms with Gasteiger partial charge in [0.2, 0.25) is 0 Å². The Kier molecular flexibility index (Phi) is 3.74. The fraction of sp³-hybridized carbons (Fsp3) is 0.167. The molecule has 19 heavy (non-hydrogen) atoms. The van der Waals surface area contributed by atoms with Crippen LogP contribution in [0.25, 0.3) is 0 Å². The Hall–Kier alpha value is -2.44. The first kappa shape index (κ1) is 13.0. The molecule has 0 aliphatic heterocycles. The lowest BCUT2D eigenvalue weighted by molar-refractivity contribution is 0.0685. The van der Waals surface area contributed by atoms with Crippen LogP contribution in [0.15, 0.2) is 28.8 Å². The number of hydrogen-bond donors (Lipinski definition) is 1. The summed E-state index contributed by atoms with van der Waals surface area (Å²) in [5.74, 6) is -2.62. The molecule has 100 valence electrons. The third-order valence-electron chi connectivity index (χ3n) is 2.29. The summed E-state index contributed by atoms with van der Waals surface area (Å²) in [6.45, 7) is 0.124. The number of carboxylic acids is 1. The first-order valence-electron chi connectivity index (χ1n) is 5.33. The molecule has 0 saturated heterocycles. The molecular formula is C12H9F2NO4. The highest BCUT2D eigenvalue weighted by Gasteiger charge is 2.10. The van der Waals surface area contributed by atoms with E-state index in [1.807, 2.05) is 0 Å². The number of ether oxygens (including phenoxy) is 1. The van der Waals surface area contributed by atoms with Gasteiger partial charge in [-0.25, -0.2) is 13.6 Å². The van der Waals surface area contributed by atoms with Crippen LogP contribution in [0.3, 0.4) is 0 Å². The second-order valence-corrected chi connectivity index (χ2v) is 3.66. The van der Waals surface area contributed by atoms with Crippen molar-refractivity contribution >= 4 is 5.97 Å². The molecule has 2 aromatic rings. The highest BCUT2D eigenvalue weighted by Crippen LogP contribution is 2.15. The fourth-order valence-corrected chi connectivity index (χ4v) is 1.37. The van der Waals surface area contributed by atoms with Crippen molar-refractivity contribution in [3.63, 3.8) is 0 Å². The van der Waals surface area contributed by atoms with E-state index in [-0.39, 0.29) is 24.5 Å². The van der Waals surface area contributed by atoms with Crippen molar-refractivity contribution in [2.24, 2.45) is 0 Å². The summed E-state index contributed by atoms with van der Waals surface area (Å²) < 4.78 is 35.5. The largest absolute Gasteiger partial charge is 0.493 e. The standard InChI is InChI=1S/C12H9F2NO4/c13-9-2-1-7(5-10(9)14)18-4-3-8-6-11(12(16)17)15-19-8/h1-2,5-6H,3-4H2,(H,16,17). The molecule has 5 nitrogen and oxygen atoms in total. The van der Waals surface area contributed by atoms with Crippen molar-refractivity contribution in [2.45, 2.75) is 6.42 Å². The average Bonchev–Trinajstić information content (AvgIpc) is 2.83. The molecule has 0 bridgehead atoms. The number of hydrogen-bond acceptors (Lipinski definition) is 4. The van der Waals surface area contributed by atoms with Crippen molar-refractivity contribution in [1.29, 1.82) is 0 Å². The van der Waals surface area contributed by atoms with Crippen molar-refractivity contribution in [1.82, 2.24) is 5.16 Å². The van der Waals surface area contributed by atoms with E-state index in [0.717, 1.165) is 12.1 Å². The second kappa shape index (κ2) is 5.47. The van der Waals surface area contributed by atoms with Crippen molar-refractivity contribution in [2.75, 3.05) is 6.61 Å². The molecule has 0 saturated carbocycles. The van der Waals surface area contributed by atoms with Crippen LogP contribution in [0, 0.1) is 11.6 Å². The van der Waals surface area contributed by atoms with Crippen LogP contribution in [-0.4, -0.2) is 22.8 Å². The van der Waals surface area contributed by atoms with Gasteiger partial charge in [-0.1, -0.05) is 5.16 Å². The summed E-state index contributed by atoms with van der Waals surface area (Å²) in [5.41, 5.74) is -0.192.